The number of carbonyl (C=O) groups excluding carboxylic acids is 2. The molecule has 1 aliphatic rings. The van der Waals surface area contributed by atoms with Crippen LogP contribution in [0.2, 0.25) is 0 Å². The molecular weight excluding hydrogens is 437 g/mol. The predicted molar refractivity (Wildman–Crippen MR) is 117 cm³/mol. The summed E-state index contributed by atoms with van der Waals surface area (Å²) in [6.45, 7) is 2.34. The Balaban J connectivity index is 2.23. The van der Waals surface area contributed by atoms with E-state index in [9.17, 15) is 23.5 Å². The van der Waals surface area contributed by atoms with Gasteiger partial charge in [0.25, 0.3) is 0 Å². The van der Waals surface area contributed by atoms with Gasteiger partial charge in [0.15, 0.2) is 11.6 Å². The Morgan fingerprint density at radius 2 is 1.85 bits per heavy atom. The molecule has 0 radical (unpaired) electrons. The van der Waals surface area contributed by atoms with Crippen molar-refractivity contribution in [2.45, 2.75) is 39.3 Å². The molecule has 2 aromatic carbocycles. The van der Waals surface area contributed by atoms with Gasteiger partial charge in [0.2, 0.25) is 5.91 Å². The van der Waals surface area contributed by atoms with Gasteiger partial charge >= 0.3 is 5.97 Å². The van der Waals surface area contributed by atoms with Gasteiger partial charge in [-0.15, -0.1) is 0 Å². The Labute approximate surface area is 189 Å². The molecule has 0 aliphatic heterocycles. The van der Waals surface area contributed by atoms with Crippen LogP contribution >= 0.6 is 0 Å². The molecule has 1 aliphatic carbocycles. The number of esters is 1. The average Bonchev–Trinajstić information content (AvgIpc) is 3.60. The van der Waals surface area contributed by atoms with Gasteiger partial charge in [0, 0.05) is 19.2 Å². The summed E-state index contributed by atoms with van der Waals surface area (Å²) >= 11 is 0. The molecule has 3 rings (SSSR count). The van der Waals surface area contributed by atoms with E-state index in [0.29, 0.717) is 5.56 Å². The summed E-state index contributed by atoms with van der Waals surface area (Å²) in [7, 11) is 0. The van der Waals surface area contributed by atoms with Crippen LogP contribution in [0.3, 0.4) is 0 Å². The molecule has 174 valence electrons. The van der Waals surface area contributed by atoms with Crippen LogP contribution in [0.1, 0.15) is 37.8 Å². The van der Waals surface area contributed by atoms with E-state index in [4.69, 9.17) is 4.74 Å². The highest BCUT2D eigenvalue weighted by atomic mass is 19.2. The molecule has 1 N–H and O–H groups in total. The first-order valence-electron chi connectivity index (χ1n) is 10.4. The molecule has 0 saturated heterocycles. The molecule has 2 aromatic rings. The van der Waals surface area contributed by atoms with Crippen molar-refractivity contribution in [3.63, 3.8) is 0 Å². The van der Waals surface area contributed by atoms with E-state index in [2.05, 4.69) is 4.99 Å². The number of hydrogen-bond donors (Lipinski definition) is 1. The van der Waals surface area contributed by atoms with Crippen molar-refractivity contribution >= 4 is 29.5 Å². The Morgan fingerprint density at radius 1 is 1.18 bits per heavy atom. The van der Waals surface area contributed by atoms with Crippen molar-refractivity contribution in [2.24, 2.45) is 4.99 Å². The maximum atomic E-state index is 15.0. The molecule has 0 bridgehead atoms. The highest BCUT2D eigenvalue weighted by Crippen LogP contribution is 2.36. The molecule has 0 spiro atoms. The van der Waals surface area contributed by atoms with Gasteiger partial charge in [-0.2, -0.15) is 0 Å². The van der Waals surface area contributed by atoms with Gasteiger partial charge in [0.1, 0.15) is 17.1 Å². The van der Waals surface area contributed by atoms with E-state index in [0.717, 1.165) is 30.9 Å². The van der Waals surface area contributed by atoms with E-state index in [1.807, 2.05) is 0 Å². The van der Waals surface area contributed by atoms with E-state index in [1.165, 1.54) is 6.92 Å². The van der Waals surface area contributed by atoms with Crippen LogP contribution in [-0.4, -0.2) is 35.8 Å². The van der Waals surface area contributed by atoms with Crippen molar-refractivity contribution in [3.8, 4) is 0 Å². The third kappa shape index (κ3) is 5.60. The number of benzene rings is 2. The van der Waals surface area contributed by atoms with Crippen LogP contribution in [-0.2, 0) is 20.9 Å². The van der Waals surface area contributed by atoms with Crippen LogP contribution < -0.4 is 4.90 Å². The van der Waals surface area contributed by atoms with Crippen molar-refractivity contribution in [1.82, 2.24) is 0 Å². The monoisotopic (exact) mass is 460 g/mol. The highest BCUT2D eigenvalue weighted by molar-refractivity contribution is 6.16. The number of anilines is 1. The molecule has 0 atom stereocenters. The number of aliphatic hydroxyl groups excluding tert-OH is 1. The van der Waals surface area contributed by atoms with Crippen LogP contribution in [0, 0.1) is 17.5 Å². The van der Waals surface area contributed by atoms with Gasteiger partial charge in [0.05, 0.1) is 30.4 Å². The van der Waals surface area contributed by atoms with Gasteiger partial charge in [-0.05, 0) is 25.3 Å². The van der Waals surface area contributed by atoms with Gasteiger partial charge in [-0.3, -0.25) is 9.79 Å². The lowest BCUT2D eigenvalue weighted by Gasteiger charge is -2.25. The Morgan fingerprint density at radius 3 is 2.42 bits per heavy atom. The van der Waals surface area contributed by atoms with Crippen LogP contribution in [0.15, 0.2) is 47.0 Å². The number of aliphatic hydroxyl groups is 1. The molecular formula is C24H23F3N2O4. The van der Waals surface area contributed by atoms with Gasteiger partial charge < -0.3 is 14.7 Å². The average molecular weight is 460 g/mol. The fourth-order valence-corrected chi connectivity index (χ4v) is 3.13. The second-order valence-electron chi connectivity index (χ2n) is 7.46. The Hall–Kier alpha value is -3.62. The second kappa shape index (κ2) is 10.3. The van der Waals surface area contributed by atoms with Crippen LogP contribution in [0.4, 0.5) is 18.9 Å². The lowest BCUT2D eigenvalue weighted by atomic mass is 10.0. The number of carbonyl (C=O) groups is 2. The van der Waals surface area contributed by atoms with Gasteiger partial charge in [-0.25, -0.2) is 18.0 Å². The zero-order valence-corrected chi connectivity index (χ0v) is 18.1. The summed E-state index contributed by atoms with van der Waals surface area (Å²) in [4.78, 5) is 29.8. The lowest BCUT2D eigenvalue weighted by molar-refractivity contribution is -0.137. The summed E-state index contributed by atoms with van der Waals surface area (Å²) < 4.78 is 49.2. The number of nitrogens with zero attached hydrogens (tertiary/aromatic N) is 2. The Bertz CT molecular complexity index is 1110. The molecule has 1 saturated carbocycles. The maximum Gasteiger partial charge on any atom is 0.343 e. The molecule has 0 unspecified atom stereocenters. The van der Waals surface area contributed by atoms with Crippen molar-refractivity contribution < 1.29 is 32.6 Å². The topological polar surface area (TPSA) is 79.2 Å². The summed E-state index contributed by atoms with van der Waals surface area (Å²) in [5.41, 5.74) is -1.65. The second-order valence-corrected chi connectivity index (χ2v) is 7.46. The number of amides is 1. The lowest BCUT2D eigenvalue weighted by Crippen LogP contribution is -2.30. The normalized spacial score (nSPS) is 14.2. The zero-order chi connectivity index (χ0) is 24.1. The maximum absolute atomic E-state index is 15.0. The van der Waals surface area contributed by atoms with Crippen molar-refractivity contribution in [1.29, 1.82) is 0 Å². The molecule has 0 heterocycles. The first kappa shape index (κ1) is 24.0. The fraction of sp³-hybridized carbons (Fsp3) is 0.292. The molecule has 1 fully saturated rings. The number of ether oxygens (including phenoxy) is 1. The molecule has 1 amide bonds. The van der Waals surface area contributed by atoms with E-state index >= 15 is 4.39 Å². The smallest absolute Gasteiger partial charge is 0.343 e. The van der Waals surface area contributed by atoms with Crippen LogP contribution in [0.5, 0.6) is 0 Å². The molecule has 0 aromatic heterocycles. The first-order valence-corrected chi connectivity index (χ1v) is 10.4. The third-order valence-corrected chi connectivity index (χ3v) is 4.93. The SMILES string of the molecule is CCOC(=O)C(C=NC1CC1)=C(O)c1c(F)cc(F)c(F)c1N(Cc1ccccc1)C(C)=O. The molecule has 6 nitrogen and oxygen atoms in total. The quantitative estimate of drug-likeness (QED) is 0.203. The number of aliphatic imine (C=N–C) groups is 1. The third-order valence-electron chi connectivity index (χ3n) is 4.93. The summed E-state index contributed by atoms with van der Waals surface area (Å²) in [6.07, 6.45) is 2.60. The summed E-state index contributed by atoms with van der Waals surface area (Å²) in [6, 6.07) is 8.57. The first-order chi connectivity index (χ1) is 15.7. The van der Waals surface area contributed by atoms with Crippen molar-refractivity contribution in [2.75, 3.05) is 11.5 Å². The minimum absolute atomic E-state index is 0.0480. The number of hydrogen-bond acceptors (Lipinski definition) is 5. The minimum atomic E-state index is -1.55. The standard InChI is InChI=1S/C24H23F3N2O4/c1-3-33-24(32)17(12-28-16-9-10-16)23(31)20-18(25)11-19(26)21(27)22(20)29(14(2)30)13-15-7-5-4-6-8-15/h4-8,11-12,16,31H,3,9-10,13H2,1-2H3. The zero-order valence-electron chi connectivity index (χ0n) is 18.1. The number of rotatable bonds is 8. The van der Waals surface area contributed by atoms with Crippen LogP contribution in [0.25, 0.3) is 5.76 Å². The largest absolute Gasteiger partial charge is 0.506 e. The van der Waals surface area contributed by atoms with E-state index in [-0.39, 0.29) is 25.3 Å². The predicted octanol–water partition coefficient (Wildman–Crippen LogP) is 4.72. The summed E-state index contributed by atoms with van der Waals surface area (Å²) in [5, 5.41) is 10.9. The van der Waals surface area contributed by atoms with E-state index in [1.54, 1.807) is 30.3 Å². The van der Waals surface area contributed by atoms with Crippen molar-refractivity contribution in [3.05, 3.63) is 70.5 Å². The molecule has 9 heteroatoms. The summed E-state index contributed by atoms with van der Waals surface area (Å²) in [5.74, 6) is -7.23. The molecule has 33 heavy (non-hydrogen) atoms. The highest BCUT2D eigenvalue weighted by Gasteiger charge is 2.31. The minimum Gasteiger partial charge on any atom is -0.506 e. The van der Waals surface area contributed by atoms with Gasteiger partial charge in [-0.1, -0.05) is 30.3 Å². The van der Waals surface area contributed by atoms with E-state index < -0.39 is 51.9 Å². The number of halogens is 3. The fourth-order valence-electron chi connectivity index (χ4n) is 3.13. The Kier molecular flexibility index (Phi) is 7.52.